The van der Waals surface area contributed by atoms with Crippen molar-refractivity contribution < 1.29 is 14.7 Å². The number of aliphatic carboxylic acids is 1. The molecule has 0 aromatic heterocycles. The third-order valence-corrected chi connectivity index (χ3v) is 2.55. The summed E-state index contributed by atoms with van der Waals surface area (Å²) in [4.78, 5) is 23.7. The number of carbonyl (C=O) groups is 2. The predicted molar refractivity (Wildman–Crippen MR) is 73.1 cm³/mol. The van der Waals surface area contributed by atoms with Crippen LogP contribution >= 0.6 is 0 Å². The van der Waals surface area contributed by atoms with Gasteiger partial charge >= 0.3 is 12.0 Å². The Balaban J connectivity index is 2.69. The zero-order valence-corrected chi connectivity index (χ0v) is 11.1. The molecule has 1 aromatic carbocycles. The molecule has 0 spiro atoms. The zero-order chi connectivity index (χ0) is 14.3. The SMILES string of the molecule is CCN(CC(=O)O)C(=O)Nc1cccc(CNC)c1. The van der Waals surface area contributed by atoms with Crippen molar-refractivity contribution >= 4 is 17.7 Å². The van der Waals surface area contributed by atoms with Crippen LogP contribution in [0.25, 0.3) is 0 Å². The van der Waals surface area contributed by atoms with Crippen molar-refractivity contribution in [3.8, 4) is 0 Å². The Morgan fingerprint density at radius 3 is 2.68 bits per heavy atom. The van der Waals surface area contributed by atoms with Gasteiger partial charge in [-0.25, -0.2) is 4.79 Å². The van der Waals surface area contributed by atoms with E-state index in [0.717, 1.165) is 5.56 Å². The molecule has 3 N–H and O–H groups in total. The number of nitrogens with zero attached hydrogens (tertiary/aromatic N) is 1. The van der Waals surface area contributed by atoms with Crippen LogP contribution in [0.3, 0.4) is 0 Å². The molecule has 0 aliphatic heterocycles. The van der Waals surface area contributed by atoms with Crippen LogP contribution in [0.2, 0.25) is 0 Å². The highest BCUT2D eigenvalue weighted by Crippen LogP contribution is 2.11. The van der Waals surface area contributed by atoms with Gasteiger partial charge < -0.3 is 20.6 Å². The Morgan fingerprint density at radius 2 is 2.11 bits per heavy atom. The topological polar surface area (TPSA) is 81.7 Å². The highest BCUT2D eigenvalue weighted by atomic mass is 16.4. The van der Waals surface area contributed by atoms with Gasteiger partial charge in [0.2, 0.25) is 0 Å². The fourth-order valence-electron chi connectivity index (χ4n) is 1.66. The molecule has 0 radical (unpaired) electrons. The van der Waals surface area contributed by atoms with E-state index in [0.29, 0.717) is 18.8 Å². The standard InChI is InChI=1S/C13H19N3O3/c1-3-16(9-12(17)18)13(19)15-11-6-4-5-10(7-11)8-14-2/h4-7,14H,3,8-9H2,1-2H3,(H,15,19)(H,17,18). The normalized spacial score (nSPS) is 10.0. The predicted octanol–water partition coefficient (Wildman–Crippen LogP) is 1.34. The lowest BCUT2D eigenvalue weighted by Crippen LogP contribution is -2.38. The first-order valence-electron chi connectivity index (χ1n) is 6.08. The highest BCUT2D eigenvalue weighted by Gasteiger charge is 2.14. The van der Waals surface area contributed by atoms with Crippen molar-refractivity contribution in [1.82, 2.24) is 10.2 Å². The molecular formula is C13H19N3O3. The van der Waals surface area contributed by atoms with Crippen LogP contribution in [0.4, 0.5) is 10.5 Å². The summed E-state index contributed by atoms with van der Waals surface area (Å²) in [5.74, 6) is -1.03. The monoisotopic (exact) mass is 265 g/mol. The summed E-state index contributed by atoms with van der Waals surface area (Å²) in [5, 5.41) is 14.4. The van der Waals surface area contributed by atoms with E-state index in [-0.39, 0.29) is 6.54 Å². The maximum absolute atomic E-state index is 11.9. The van der Waals surface area contributed by atoms with Gasteiger partial charge in [-0.1, -0.05) is 12.1 Å². The Kier molecular flexibility index (Phi) is 5.81. The van der Waals surface area contributed by atoms with Gasteiger partial charge in [0, 0.05) is 18.8 Å². The fourth-order valence-corrected chi connectivity index (χ4v) is 1.66. The molecule has 6 heteroatoms. The van der Waals surface area contributed by atoms with E-state index in [9.17, 15) is 9.59 Å². The molecule has 0 saturated carbocycles. The maximum atomic E-state index is 11.9. The maximum Gasteiger partial charge on any atom is 0.323 e. The number of hydrogen-bond acceptors (Lipinski definition) is 3. The molecule has 0 aliphatic carbocycles. The quantitative estimate of drug-likeness (QED) is 0.725. The summed E-state index contributed by atoms with van der Waals surface area (Å²) in [5.41, 5.74) is 1.70. The number of benzene rings is 1. The summed E-state index contributed by atoms with van der Waals surface area (Å²) in [7, 11) is 1.84. The van der Waals surface area contributed by atoms with E-state index >= 15 is 0 Å². The lowest BCUT2D eigenvalue weighted by Gasteiger charge is -2.19. The number of anilines is 1. The molecule has 0 saturated heterocycles. The number of nitrogens with one attached hydrogen (secondary N) is 2. The number of carbonyl (C=O) groups excluding carboxylic acids is 1. The van der Waals surface area contributed by atoms with E-state index in [2.05, 4.69) is 10.6 Å². The van der Waals surface area contributed by atoms with Crippen LogP contribution in [-0.4, -0.2) is 42.1 Å². The Hall–Kier alpha value is -2.08. The van der Waals surface area contributed by atoms with E-state index in [1.165, 1.54) is 4.90 Å². The Morgan fingerprint density at radius 1 is 1.37 bits per heavy atom. The summed E-state index contributed by atoms with van der Waals surface area (Å²) in [6.45, 7) is 2.48. The summed E-state index contributed by atoms with van der Waals surface area (Å²) >= 11 is 0. The molecule has 19 heavy (non-hydrogen) atoms. The molecule has 0 heterocycles. The van der Waals surface area contributed by atoms with Crippen molar-refractivity contribution in [1.29, 1.82) is 0 Å². The van der Waals surface area contributed by atoms with Crippen LogP contribution in [0.1, 0.15) is 12.5 Å². The highest BCUT2D eigenvalue weighted by molar-refractivity contribution is 5.91. The molecule has 1 rings (SSSR count). The average molecular weight is 265 g/mol. The third kappa shape index (κ3) is 4.97. The molecule has 0 unspecified atom stereocenters. The molecule has 0 aliphatic rings. The van der Waals surface area contributed by atoms with Crippen molar-refractivity contribution in [3.63, 3.8) is 0 Å². The summed E-state index contributed by atoms with van der Waals surface area (Å²) in [6.07, 6.45) is 0. The van der Waals surface area contributed by atoms with E-state index < -0.39 is 12.0 Å². The molecule has 104 valence electrons. The van der Waals surface area contributed by atoms with E-state index in [4.69, 9.17) is 5.11 Å². The smallest absolute Gasteiger partial charge is 0.323 e. The van der Waals surface area contributed by atoms with Gasteiger partial charge in [-0.3, -0.25) is 4.79 Å². The number of carboxylic acid groups (broad SMARTS) is 1. The van der Waals surface area contributed by atoms with Crippen molar-refractivity contribution in [2.45, 2.75) is 13.5 Å². The summed E-state index contributed by atoms with van der Waals surface area (Å²) < 4.78 is 0. The van der Waals surface area contributed by atoms with Crippen LogP contribution in [-0.2, 0) is 11.3 Å². The number of urea groups is 1. The summed E-state index contributed by atoms with van der Waals surface area (Å²) in [6, 6.07) is 7.00. The molecule has 0 atom stereocenters. The minimum Gasteiger partial charge on any atom is -0.480 e. The molecular weight excluding hydrogens is 246 g/mol. The van der Waals surface area contributed by atoms with Gasteiger partial charge in [-0.2, -0.15) is 0 Å². The van der Waals surface area contributed by atoms with Crippen LogP contribution in [0.15, 0.2) is 24.3 Å². The lowest BCUT2D eigenvalue weighted by molar-refractivity contribution is -0.137. The lowest BCUT2D eigenvalue weighted by atomic mass is 10.2. The molecule has 2 amide bonds. The fraction of sp³-hybridized carbons (Fsp3) is 0.385. The van der Waals surface area contributed by atoms with Crippen LogP contribution in [0, 0.1) is 0 Å². The van der Waals surface area contributed by atoms with Gasteiger partial charge in [0.25, 0.3) is 0 Å². The van der Waals surface area contributed by atoms with E-state index in [1.54, 1.807) is 13.0 Å². The average Bonchev–Trinajstić information content (AvgIpc) is 2.36. The molecule has 1 aromatic rings. The number of carboxylic acids is 1. The molecule has 6 nitrogen and oxygen atoms in total. The van der Waals surface area contributed by atoms with Crippen LogP contribution in [0.5, 0.6) is 0 Å². The van der Waals surface area contributed by atoms with Gasteiger partial charge in [0.05, 0.1) is 0 Å². The van der Waals surface area contributed by atoms with Gasteiger partial charge in [-0.15, -0.1) is 0 Å². The van der Waals surface area contributed by atoms with Gasteiger partial charge in [0.15, 0.2) is 0 Å². The van der Waals surface area contributed by atoms with Gasteiger partial charge in [-0.05, 0) is 31.7 Å². The molecule has 0 bridgehead atoms. The minimum absolute atomic E-state index is 0.307. The first kappa shape index (κ1) is 15.0. The second-order valence-electron chi connectivity index (χ2n) is 4.07. The van der Waals surface area contributed by atoms with Crippen LogP contribution < -0.4 is 10.6 Å². The zero-order valence-electron chi connectivity index (χ0n) is 11.1. The third-order valence-electron chi connectivity index (χ3n) is 2.55. The number of rotatable bonds is 6. The second kappa shape index (κ2) is 7.38. The first-order chi connectivity index (χ1) is 9.06. The largest absolute Gasteiger partial charge is 0.480 e. The number of likely N-dealkylation sites (N-methyl/N-ethyl adjacent to an activating group) is 1. The number of hydrogen-bond donors (Lipinski definition) is 3. The van der Waals surface area contributed by atoms with Crippen molar-refractivity contribution in [2.24, 2.45) is 0 Å². The van der Waals surface area contributed by atoms with Gasteiger partial charge in [0.1, 0.15) is 6.54 Å². The Labute approximate surface area is 112 Å². The Bertz CT molecular complexity index is 449. The van der Waals surface area contributed by atoms with Crippen molar-refractivity contribution in [3.05, 3.63) is 29.8 Å². The minimum atomic E-state index is -1.03. The number of amides is 2. The molecule has 0 fully saturated rings. The second-order valence-corrected chi connectivity index (χ2v) is 4.07. The van der Waals surface area contributed by atoms with E-state index in [1.807, 2.05) is 25.2 Å². The first-order valence-corrected chi connectivity index (χ1v) is 6.08. The van der Waals surface area contributed by atoms with Crippen molar-refractivity contribution in [2.75, 3.05) is 25.5 Å².